The summed E-state index contributed by atoms with van der Waals surface area (Å²) in [6, 6.07) is 9.23. The highest BCUT2D eigenvalue weighted by atomic mass is 35.5. The molecule has 6 nitrogen and oxygen atoms in total. The molecule has 2 aromatic carbocycles. The third-order valence-electron chi connectivity index (χ3n) is 3.81. The SMILES string of the molecule is CN1Cc2ccc(Oc3ccc([N+](=O)[O-])cc3Cl)cc2C1C=O. The summed E-state index contributed by atoms with van der Waals surface area (Å²) in [5.74, 6) is 0.855. The van der Waals surface area contributed by atoms with Crippen LogP contribution in [0.3, 0.4) is 0 Å². The van der Waals surface area contributed by atoms with Gasteiger partial charge in [0.1, 0.15) is 17.8 Å². The van der Waals surface area contributed by atoms with Crippen LogP contribution in [0.1, 0.15) is 17.2 Å². The zero-order valence-corrected chi connectivity index (χ0v) is 13.0. The first kappa shape index (κ1) is 15.5. The van der Waals surface area contributed by atoms with Gasteiger partial charge in [0, 0.05) is 18.7 Å². The van der Waals surface area contributed by atoms with Gasteiger partial charge in [0.25, 0.3) is 5.69 Å². The maximum atomic E-state index is 11.2. The van der Waals surface area contributed by atoms with Gasteiger partial charge in [-0.05, 0) is 36.4 Å². The van der Waals surface area contributed by atoms with E-state index in [1.807, 2.05) is 18.0 Å². The highest BCUT2D eigenvalue weighted by molar-refractivity contribution is 6.32. The van der Waals surface area contributed by atoms with Gasteiger partial charge in [-0.3, -0.25) is 15.0 Å². The Hall–Kier alpha value is -2.44. The second kappa shape index (κ2) is 5.98. The predicted octanol–water partition coefficient (Wildman–Crippen LogP) is 3.73. The first-order valence-electron chi connectivity index (χ1n) is 6.89. The molecule has 0 spiro atoms. The molecule has 0 aromatic heterocycles. The van der Waals surface area contributed by atoms with Crippen LogP contribution in [0, 0.1) is 10.1 Å². The van der Waals surface area contributed by atoms with E-state index >= 15 is 0 Å². The van der Waals surface area contributed by atoms with Gasteiger partial charge in [0.15, 0.2) is 0 Å². The van der Waals surface area contributed by atoms with Crippen molar-refractivity contribution in [1.82, 2.24) is 4.90 Å². The number of nitro benzene ring substituents is 1. The minimum absolute atomic E-state index is 0.0982. The van der Waals surface area contributed by atoms with Gasteiger partial charge in [-0.1, -0.05) is 17.7 Å². The highest BCUT2D eigenvalue weighted by Crippen LogP contribution is 2.37. The topological polar surface area (TPSA) is 72.7 Å². The van der Waals surface area contributed by atoms with Gasteiger partial charge in [-0.15, -0.1) is 0 Å². The van der Waals surface area contributed by atoms with Crippen molar-refractivity contribution < 1.29 is 14.5 Å². The van der Waals surface area contributed by atoms with E-state index in [1.165, 1.54) is 18.2 Å². The molecule has 2 aromatic rings. The summed E-state index contributed by atoms with van der Waals surface area (Å²) < 4.78 is 5.71. The number of carbonyl (C=O) groups excluding carboxylic acids is 1. The van der Waals surface area contributed by atoms with Crippen LogP contribution in [0.5, 0.6) is 11.5 Å². The Bertz CT molecular complexity index is 794. The molecule has 118 valence electrons. The van der Waals surface area contributed by atoms with Gasteiger partial charge in [0.2, 0.25) is 0 Å². The van der Waals surface area contributed by atoms with Gasteiger partial charge < -0.3 is 9.53 Å². The Kier molecular flexibility index (Phi) is 4.02. The van der Waals surface area contributed by atoms with Crippen molar-refractivity contribution >= 4 is 23.6 Å². The number of halogens is 1. The summed E-state index contributed by atoms with van der Waals surface area (Å²) in [5.41, 5.74) is 1.88. The van der Waals surface area contributed by atoms with Crippen LogP contribution in [0.25, 0.3) is 0 Å². The van der Waals surface area contributed by atoms with Gasteiger partial charge in [-0.25, -0.2) is 0 Å². The lowest BCUT2D eigenvalue weighted by molar-refractivity contribution is -0.384. The van der Waals surface area contributed by atoms with E-state index in [1.54, 1.807) is 12.1 Å². The number of hydrogen-bond acceptors (Lipinski definition) is 5. The van der Waals surface area contributed by atoms with Crippen LogP contribution < -0.4 is 4.74 Å². The third-order valence-corrected chi connectivity index (χ3v) is 4.11. The molecule has 3 rings (SSSR count). The minimum Gasteiger partial charge on any atom is -0.456 e. The smallest absolute Gasteiger partial charge is 0.271 e. The molecule has 1 unspecified atom stereocenters. The van der Waals surface area contributed by atoms with Crippen molar-refractivity contribution in [3.63, 3.8) is 0 Å². The summed E-state index contributed by atoms with van der Waals surface area (Å²) in [7, 11) is 1.88. The van der Waals surface area contributed by atoms with Crippen LogP contribution in [0.4, 0.5) is 5.69 Å². The highest BCUT2D eigenvalue weighted by Gasteiger charge is 2.27. The monoisotopic (exact) mass is 332 g/mol. The van der Waals surface area contributed by atoms with Crippen molar-refractivity contribution in [2.45, 2.75) is 12.6 Å². The minimum atomic E-state index is -0.518. The van der Waals surface area contributed by atoms with E-state index in [0.29, 0.717) is 18.0 Å². The van der Waals surface area contributed by atoms with E-state index in [-0.39, 0.29) is 16.8 Å². The van der Waals surface area contributed by atoms with Crippen LogP contribution in [-0.4, -0.2) is 23.2 Å². The number of aldehydes is 1. The molecule has 1 atom stereocenters. The van der Waals surface area contributed by atoms with Gasteiger partial charge in [0.05, 0.1) is 16.0 Å². The largest absolute Gasteiger partial charge is 0.456 e. The summed E-state index contributed by atoms with van der Waals surface area (Å²) in [4.78, 5) is 23.4. The first-order valence-corrected chi connectivity index (χ1v) is 7.27. The molecule has 1 heterocycles. The Morgan fingerprint density at radius 1 is 1.35 bits per heavy atom. The molecule has 1 aliphatic rings. The van der Waals surface area contributed by atoms with Crippen LogP contribution in [0.15, 0.2) is 36.4 Å². The van der Waals surface area contributed by atoms with Crippen molar-refractivity contribution in [3.05, 3.63) is 62.7 Å². The zero-order chi connectivity index (χ0) is 16.6. The number of carbonyl (C=O) groups is 1. The molecule has 7 heteroatoms. The fraction of sp³-hybridized carbons (Fsp3) is 0.188. The lowest BCUT2D eigenvalue weighted by Gasteiger charge is -2.13. The fourth-order valence-corrected chi connectivity index (χ4v) is 2.86. The van der Waals surface area contributed by atoms with Gasteiger partial charge in [-0.2, -0.15) is 0 Å². The van der Waals surface area contributed by atoms with Crippen molar-refractivity contribution in [2.75, 3.05) is 7.05 Å². The summed E-state index contributed by atoms with van der Waals surface area (Å²) >= 11 is 6.03. The summed E-state index contributed by atoms with van der Waals surface area (Å²) in [5, 5.41) is 10.9. The second-order valence-electron chi connectivity index (χ2n) is 5.33. The Morgan fingerprint density at radius 3 is 2.78 bits per heavy atom. The summed E-state index contributed by atoms with van der Waals surface area (Å²) in [6.07, 6.45) is 0.897. The number of fused-ring (bicyclic) bond motifs is 1. The maximum Gasteiger partial charge on any atom is 0.271 e. The van der Waals surface area contributed by atoms with E-state index < -0.39 is 4.92 Å². The van der Waals surface area contributed by atoms with Crippen LogP contribution in [0.2, 0.25) is 5.02 Å². The second-order valence-corrected chi connectivity index (χ2v) is 5.74. The number of non-ortho nitro benzene ring substituents is 1. The van der Waals surface area contributed by atoms with Crippen molar-refractivity contribution in [1.29, 1.82) is 0 Å². The third kappa shape index (κ3) is 2.91. The molecule has 1 aliphatic heterocycles. The number of hydrogen-bond donors (Lipinski definition) is 0. The van der Waals surface area contributed by atoms with E-state index in [0.717, 1.165) is 17.4 Å². The van der Waals surface area contributed by atoms with Crippen molar-refractivity contribution in [3.8, 4) is 11.5 Å². The molecule has 0 bridgehead atoms. The molecule has 0 saturated carbocycles. The van der Waals surface area contributed by atoms with E-state index in [2.05, 4.69) is 0 Å². The normalized spacial score (nSPS) is 16.9. The quantitative estimate of drug-likeness (QED) is 0.484. The lowest BCUT2D eigenvalue weighted by Crippen LogP contribution is -2.17. The fourth-order valence-electron chi connectivity index (χ4n) is 2.65. The van der Waals surface area contributed by atoms with E-state index in [4.69, 9.17) is 16.3 Å². The van der Waals surface area contributed by atoms with E-state index in [9.17, 15) is 14.9 Å². The molecule has 0 fully saturated rings. The maximum absolute atomic E-state index is 11.2. The number of nitrogens with zero attached hydrogens (tertiary/aromatic N) is 2. The number of likely N-dealkylation sites (N-methyl/N-ethyl adjacent to an activating group) is 1. The predicted molar refractivity (Wildman–Crippen MR) is 84.9 cm³/mol. The zero-order valence-electron chi connectivity index (χ0n) is 12.2. The Labute approximate surface area is 137 Å². The number of benzene rings is 2. The molecule has 0 N–H and O–H groups in total. The number of nitro groups is 1. The van der Waals surface area contributed by atoms with Crippen LogP contribution >= 0.6 is 11.6 Å². The van der Waals surface area contributed by atoms with Gasteiger partial charge >= 0.3 is 0 Å². The summed E-state index contributed by atoms with van der Waals surface area (Å²) in [6.45, 7) is 0.706. The lowest BCUT2D eigenvalue weighted by atomic mass is 10.1. The first-order chi connectivity index (χ1) is 11.0. The van der Waals surface area contributed by atoms with Crippen LogP contribution in [-0.2, 0) is 11.3 Å². The Morgan fingerprint density at radius 2 is 2.13 bits per heavy atom. The molecule has 0 radical (unpaired) electrons. The Balaban J connectivity index is 1.89. The average molecular weight is 333 g/mol. The molecule has 0 aliphatic carbocycles. The molecule has 0 saturated heterocycles. The number of ether oxygens (including phenoxy) is 1. The molecular formula is C16H13ClN2O4. The molecule has 0 amide bonds. The molecule has 23 heavy (non-hydrogen) atoms. The average Bonchev–Trinajstić information content (AvgIpc) is 2.83. The molecular weight excluding hydrogens is 320 g/mol. The number of rotatable bonds is 4. The standard InChI is InChI=1S/C16H13ClN2O4/c1-18-8-10-2-4-12(7-13(10)15(18)9-20)23-16-5-3-11(19(21)22)6-14(16)17/h2-7,9,15H,8H2,1H3. The van der Waals surface area contributed by atoms with Crippen molar-refractivity contribution in [2.24, 2.45) is 0 Å².